The normalized spacial score (nSPS) is 23.0. The van der Waals surface area contributed by atoms with E-state index in [2.05, 4.69) is 0 Å². The maximum absolute atomic E-state index is 12.1. The Morgan fingerprint density at radius 3 is 2.19 bits per heavy atom. The Labute approximate surface area is 97.8 Å². The molecule has 1 rings (SSSR count). The average Bonchev–Trinajstić information content (AvgIpc) is 2.14. The Balaban J connectivity index is 2.58. The SMILES string of the molecule is CC1(O)CCN(C(=O)C(N)C(C)(C)C)CC1. The van der Waals surface area contributed by atoms with Crippen LogP contribution in [0.4, 0.5) is 0 Å². The van der Waals surface area contributed by atoms with Gasteiger partial charge in [-0.05, 0) is 25.2 Å². The minimum absolute atomic E-state index is 0.00278. The summed E-state index contributed by atoms with van der Waals surface area (Å²) in [7, 11) is 0. The maximum Gasteiger partial charge on any atom is 0.240 e. The van der Waals surface area contributed by atoms with Crippen LogP contribution in [0.2, 0.25) is 0 Å². The van der Waals surface area contributed by atoms with Crippen LogP contribution in [0, 0.1) is 5.41 Å². The van der Waals surface area contributed by atoms with Gasteiger partial charge in [0.1, 0.15) is 0 Å². The van der Waals surface area contributed by atoms with Gasteiger partial charge in [-0.25, -0.2) is 0 Å². The zero-order valence-corrected chi connectivity index (χ0v) is 10.8. The van der Waals surface area contributed by atoms with E-state index < -0.39 is 11.6 Å². The van der Waals surface area contributed by atoms with Crippen molar-refractivity contribution in [1.82, 2.24) is 4.90 Å². The summed E-state index contributed by atoms with van der Waals surface area (Å²) in [6, 6.07) is -0.462. The number of carbonyl (C=O) groups is 1. The van der Waals surface area contributed by atoms with Crippen molar-refractivity contribution < 1.29 is 9.90 Å². The van der Waals surface area contributed by atoms with E-state index in [1.165, 1.54) is 0 Å². The largest absolute Gasteiger partial charge is 0.390 e. The Morgan fingerprint density at radius 1 is 1.38 bits per heavy atom. The molecule has 4 nitrogen and oxygen atoms in total. The Kier molecular flexibility index (Phi) is 3.65. The van der Waals surface area contributed by atoms with Crippen LogP contribution >= 0.6 is 0 Å². The summed E-state index contributed by atoms with van der Waals surface area (Å²) in [5.41, 5.74) is 5.11. The Morgan fingerprint density at radius 2 is 1.81 bits per heavy atom. The fraction of sp³-hybridized carbons (Fsp3) is 0.917. The van der Waals surface area contributed by atoms with Gasteiger partial charge in [0.25, 0.3) is 0 Å². The molecule has 1 aliphatic heterocycles. The molecule has 3 N–H and O–H groups in total. The Hall–Kier alpha value is -0.610. The number of rotatable bonds is 1. The van der Waals surface area contributed by atoms with Crippen molar-refractivity contribution >= 4 is 5.91 Å². The molecule has 1 amide bonds. The molecule has 4 heteroatoms. The first-order valence-corrected chi connectivity index (χ1v) is 5.90. The van der Waals surface area contributed by atoms with E-state index in [9.17, 15) is 9.90 Å². The van der Waals surface area contributed by atoms with Gasteiger partial charge >= 0.3 is 0 Å². The molecule has 0 aromatic carbocycles. The predicted molar refractivity (Wildman–Crippen MR) is 63.9 cm³/mol. The molecule has 0 aromatic heterocycles. The molecule has 0 radical (unpaired) electrons. The van der Waals surface area contributed by atoms with Gasteiger partial charge in [-0.15, -0.1) is 0 Å². The van der Waals surface area contributed by atoms with E-state index in [0.29, 0.717) is 25.9 Å². The smallest absolute Gasteiger partial charge is 0.240 e. The highest BCUT2D eigenvalue weighted by molar-refractivity contribution is 5.82. The summed E-state index contributed by atoms with van der Waals surface area (Å²) < 4.78 is 0. The average molecular weight is 228 g/mol. The summed E-state index contributed by atoms with van der Waals surface area (Å²) in [5, 5.41) is 9.80. The van der Waals surface area contributed by atoms with Gasteiger partial charge < -0.3 is 15.7 Å². The van der Waals surface area contributed by atoms with Crippen LogP contribution in [0.5, 0.6) is 0 Å². The van der Waals surface area contributed by atoms with E-state index in [-0.39, 0.29) is 11.3 Å². The second-order valence-corrected chi connectivity index (χ2v) is 6.17. The van der Waals surface area contributed by atoms with E-state index in [4.69, 9.17) is 5.73 Å². The molecule has 0 aliphatic carbocycles. The third-order valence-electron chi connectivity index (χ3n) is 3.35. The number of piperidine rings is 1. The molecule has 1 fully saturated rings. The van der Waals surface area contributed by atoms with Crippen molar-refractivity contribution in [3.05, 3.63) is 0 Å². The lowest BCUT2D eigenvalue weighted by Crippen LogP contribution is -2.54. The first kappa shape index (κ1) is 13.5. The summed E-state index contributed by atoms with van der Waals surface area (Å²) in [6.07, 6.45) is 1.27. The van der Waals surface area contributed by atoms with Crippen LogP contribution in [-0.2, 0) is 4.79 Å². The molecule has 1 atom stereocenters. The van der Waals surface area contributed by atoms with Gasteiger partial charge in [-0.1, -0.05) is 20.8 Å². The second kappa shape index (κ2) is 4.34. The molecule has 94 valence electrons. The van der Waals surface area contributed by atoms with Crippen molar-refractivity contribution in [1.29, 1.82) is 0 Å². The van der Waals surface area contributed by atoms with E-state index in [1.807, 2.05) is 27.7 Å². The quantitative estimate of drug-likeness (QED) is 0.695. The molecule has 1 saturated heterocycles. The molecule has 1 heterocycles. The van der Waals surface area contributed by atoms with Crippen molar-refractivity contribution in [3.8, 4) is 0 Å². The number of aliphatic hydroxyl groups is 1. The lowest BCUT2D eigenvalue weighted by molar-refractivity contribution is -0.138. The molecule has 0 spiro atoms. The van der Waals surface area contributed by atoms with Crippen molar-refractivity contribution in [3.63, 3.8) is 0 Å². The lowest BCUT2D eigenvalue weighted by atomic mass is 9.85. The minimum atomic E-state index is -0.622. The highest BCUT2D eigenvalue weighted by Gasteiger charge is 2.35. The summed E-state index contributed by atoms with van der Waals surface area (Å²) in [4.78, 5) is 13.8. The maximum atomic E-state index is 12.1. The number of hydrogen-bond acceptors (Lipinski definition) is 3. The van der Waals surface area contributed by atoms with Crippen molar-refractivity contribution in [2.45, 2.75) is 52.2 Å². The summed E-state index contributed by atoms with van der Waals surface area (Å²) >= 11 is 0. The van der Waals surface area contributed by atoms with Crippen LogP contribution in [0.15, 0.2) is 0 Å². The molecular weight excluding hydrogens is 204 g/mol. The van der Waals surface area contributed by atoms with Crippen molar-refractivity contribution in [2.24, 2.45) is 11.1 Å². The molecule has 0 bridgehead atoms. The molecule has 0 aromatic rings. The van der Waals surface area contributed by atoms with Gasteiger partial charge in [0.15, 0.2) is 0 Å². The fourth-order valence-electron chi connectivity index (χ4n) is 1.78. The Bertz CT molecular complexity index is 259. The molecule has 16 heavy (non-hydrogen) atoms. The monoisotopic (exact) mass is 228 g/mol. The van der Waals surface area contributed by atoms with Crippen molar-refractivity contribution in [2.75, 3.05) is 13.1 Å². The van der Waals surface area contributed by atoms with Crippen LogP contribution in [0.3, 0.4) is 0 Å². The van der Waals surface area contributed by atoms with Gasteiger partial charge in [0.2, 0.25) is 5.91 Å². The fourth-order valence-corrected chi connectivity index (χ4v) is 1.78. The van der Waals surface area contributed by atoms with Gasteiger partial charge in [-0.2, -0.15) is 0 Å². The molecule has 0 saturated carbocycles. The molecular formula is C12H24N2O2. The highest BCUT2D eigenvalue weighted by atomic mass is 16.3. The number of nitrogens with zero attached hydrogens (tertiary/aromatic N) is 1. The number of likely N-dealkylation sites (tertiary alicyclic amines) is 1. The van der Waals surface area contributed by atoms with Crippen LogP contribution in [-0.4, -0.2) is 40.6 Å². The number of amides is 1. The standard InChI is InChI=1S/C12H24N2O2/c1-11(2,3)9(13)10(15)14-7-5-12(4,16)6-8-14/h9,16H,5-8,13H2,1-4H3. The summed E-state index contributed by atoms with van der Waals surface area (Å²) in [5.74, 6) is 0.00278. The topological polar surface area (TPSA) is 66.6 Å². The van der Waals surface area contributed by atoms with Gasteiger partial charge in [0.05, 0.1) is 11.6 Å². The zero-order chi connectivity index (χ0) is 12.6. The first-order valence-electron chi connectivity index (χ1n) is 5.90. The number of nitrogens with two attached hydrogens (primary N) is 1. The van der Waals surface area contributed by atoms with Crippen LogP contribution in [0.1, 0.15) is 40.5 Å². The van der Waals surface area contributed by atoms with E-state index in [0.717, 1.165) is 0 Å². The lowest BCUT2D eigenvalue weighted by Gasteiger charge is -2.38. The predicted octanol–water partition coefficient (Wildman–Crippen LogP) is 0.733. The second-order valence-electron chi connectivity index (χ2n) is 6.17. The third kappa shape index (κ3) is 3.19. The molecule has 1 aliphatic rings. The highest BCUT2D eigenvalue weighted by Crippen LogP contribution is 2.24. The van der Waals surface area contributed by atoms with E-state index >= 15 is 0 Å². The van der Waals surface area contributed by atoms with E-state index in [1.54, 1.807) is 4.90 Å². The van der Waals surface area contributed by atoms with Crippen LogP contribution < -0.4 is 5.73 Å². The molecule has 1 unspecified atom stereocenters. The first-order chi connectivity index (χ1) is 7.13. The van der Waals surface area contributed by atoms with Gasteiger partial charge in [-0.3, -0.25) is 4.79 Å². The third-order valence-corrected chi connectivity index (χ3v) is 3.35. The van der Waals surface area contributed by atoms with Crippen LogP contribution in [0.25, 0.3) is 0 Å². The van der Waals surface area contributed by atoms with Gasteiger partial charge in [0, 0.05) is 13.1 Å². The number of carbonyl (C=O) groups excluding carboxylic acids is 1. The zero-order valence-electron chi connectivity index (χ0n) is 10.8. The summed E-state index contributed by atoms with van der Waals surface area (Å²) in [6.45, 7) is 8.94. The number of hydrogen-bond donors (Lipinski definition) is 2. The minimum Gasteiger partial charge on any atom is -0.390 e.